The van der Waals surface area contributed by atoms with Gasteiger partial charge in [-0.1, -0.05) is 86.3 Å². The van der Waals surface area contributed by atoms with Crippen LogP contribution in [-0.4, -0.2) is 73.5 Å². The Morgan fingerprint density at radius 1 is 1.11 bits per heavy atom. The molecule has 1 aliphatic rings. The first-order valence-corrected chi connectivity index (χ1v) is 14.3. The van der Waals surface area contributed by atoms with Gasteiger partial charge in [0.25, 0.3) is 0 Å². The monoisotopic (exact) mass is 538 g/mol. The molecule has 0 aromatic rings. The normalized spacial score (nSPS) is 20.7. The molecule has 1 rings (SSSR count). The zero-order chi connectivity index (χ0) is 29.8. The molecule has 0 aliphatic carbocycles. The van der Waals surface area contributed by atoms with Crippen LogP contribution in [0.5, 0.6) is 0 Å². The average molecular weight is 539 g/mol. The molecule has 1 heterocycles. The van der Waals surface area contributed by atoms with Gasteiger partial charge in [0.1, 0.15) is 0 Å². The fraction of sp³-hybridized carbons (Fsp3) is 0.742. The maximum Gasteiger partial charge on any atom is 0.225 e. The molecule has 0 bridgehead atoms. The van der Waals surface area contributed by atoms with Crippen LogP contribution >= 0.6 is 0 Å². The van der Waals surface area contributed by atoms with Gasteiger partial charge in [-0.2, -0.15) is 0 Å². The summed E-state index contributed by atoms with van der Waals surface area (Å²) in [5.74, 6) is 0.786. The number of carbonyl (C=O) groups excluding carboxylic acids is 2. The minimum absolute atomic E-state index is 0.104. The van der Waals surface area contributed by atoms with Crippen molar-refractivity contribution in [2.24, 2.45) is 17.8 Å². The Bertz CT molecular complexity index is 692. The molecule has 7 nitrogen and oxygen atoms in total. The summed E-state index contributed by atoms with van der Waals surface area (Å²) >= 11 is 0. The van der Waals surface area contributed by atoms with E-state index < -0.39 is 18.1 Å². The summed E-state index contributed by atoms with van der Waals surface area (Å²) in [6.45, 7) is 24.5. The molecular formula is C31H58N2O5. The minimum Gasteiger partial charge on any atom is -0.386 e. The van der Waals surface area contributed by atoms with Gasteiger partial charge in [-0.15, -0.1) is 0 Å². The van der Waals surface area contributed by atoms with Crippen LogP contribution < -0.4 is 5.32 Å². The van der Waals surface area contributed by atoms with E-state index in [4.69, 9.17) is 9.47 Å². The zero-order valence-corrected chi connectivity index (χ0v) is 25.9. The van der Waals surface area contributed by atoms with E-state index in [2.05, 4.69) is 46.2 Å². The number of nitrogens with zero attached hydrogens (tertiary/aromatic N) is 1. The van der Waals surface area contributed by atoms with Gasteiger partial charge in [-0.3, -0.25) is 9.59 Å². The van der Waals surface area contributed by atoms with E-state index in [9.17, 15) is 14.7 Å². The lowest BCUT2D eigenvalue weighted by molar-refractivity contribution is -0.134. The summed E-state index contributed by atoms with van der Waals surface area (Å²) in [5.41, 5.74) is 0.585. The molecule has 1 saturated heterocycles. The SMILES string of the molecule is C=C/C=C(\C=C)C(O)C(C)NC(=O)C(C)C(OC)C1CCCN1C=O.CC.CCC(C)C(C)C(CC)OC. The zero-order valence-electron chi connectivity index (χ0n) is 25.9. The van der Waals surface area contributed by atoms with Gasteiger partial charge < -0.3 is 24.8 Å². The Hall–Kier alpha value is -1.96. The van der Waals surface area contributed by atoms with Gasteiger partial charge in [-0.25, -0.2) is 0 Å². The van der Waals surface area contributed by atoms with Crippen LogP contribution in [0.3, 0.4) is 0 Å². The average Bonchev–Trinajstić information content (AvgIpc) is 3.41. The first-order chi connectivity index (χ1) is 18.1. The maximum atomic E-state index is 12.6. The number of ether oxygens (including phenoxy) is 2. The third-order valence-corrected chi connectivity index (χ3v) is 7.60. The Balaban J connectivity index is 0. The van der Waals surface area contributed by atoms with E-state index in [0.29, 0.717) is 24.1 Å². The molecule has 0 saturated carbocycles. The van der Waals surface area contributed by atoms with E-state index in [0.717, 1.165) is 31.6 Å². The van der Waals surface area contributed by atoms with Crippen molar-refractivity contribution >= 4 is 12.3 Å². The lowest BCUT2D eigenvalue weighted by Crippen LogP contribution is -2.50. The van der Waals surface area contributed by atoms with Gasteiger partial charge in [0, 0.05) is 20.8 Å². The Morgan fingerprint density at radius 2 is 1.71 bits per heavy atom. The lowest BCUT2D eigenvalue weighted by Gasteiger charge is -2.32. The number of carbonyl (C=O) groups is 2. The fourth-order valence-electron chi connectivity index (χ4n) is 4.78. The first kappa shape index (κ1) is 38.2. The van der Waals surface area contributed by atoms with Crippen molar-refractivity contribution < 1.29 is 24.2 Å². The fourth-order valence-corrected chi connectivity index (χ4v) is 4.78. The summed E-state index contributed by atoms with van der Waals surface area (Å²) < 4.78 is 10.9. The number of aliphatic hydroxyl groups is 1. The maximum absolute atomic E-state index is 12.6. The van der Waals surface area contributed by atoms with Crippen molar-refractivity contribution in [2.45, 2.75) is 111 Å². The lowest BCUT2D eigenvalue weighted by atomic mass is 9.88. The van der Waals surface area contributed by atoms with Gasteiger partial charge in [-0.05, 0) is 43.6 Å². The predicted molar refractivity (Wildman–Crippen MR) is 159 cm³/mol. The first-order valence-electron chi connectivity index (χ1n) is 14.3. The smallest absolute Gasteiger partial charge is 0.225 e. The van der Waals surface area contributed by atoms with Crippen molar-refractivity contribution in [3.8, 4) is 0 Å². The largest absolute Gasteiger partial charge is 0.386 e. The summed E-state index contributed by atoms with van der Waals surface area (Å²) in [4.78, 5) is 25.5. The highest BCUT2D eigenvalue weighted by atomic mass is 16.5. The second kappa shape index (κ2) is 21.9. The van der Waals surface area contributed by atoms with E-state index >= 15 is 0 Å². The van der Waals surface area contributed by atoms with Crippen molar-refractivity contribution in [1.29, 1.82) is 0 Å². The molecule has 1 fully saturated rings. The molecule has 0 radical (unpaired) electrons. The number of hydrogen-bond donors (Lipinski definition) is 2. The Labute approximate surface area is 233 Å². The standard InChI is InChI=1S/C19H30N2O4.C10H22O.C2H6/c1-6-9-15(7-2)17(23)14(4)20-19(24)13(3)18(25-5)16-10-8-11-21(16)12-22;1-6-8(3)9(4)10(7-2)11-5;1-2/h6-7,9,12-14,16-18,23H,1-2,8,10-11H2,3-5H3,(H,20,24);8-10H,6-7H2,1-5H3;1-2H3/b15-9+;;. The molecule has 0 aromatic heterocycles. The predicted octanol–water partition coefficient (Wildman–Crippen LogP) is 5.54. The third-order valence-electron chi connectivity index (χ3n) is 7.60. The minimum atomic E-state index is -0.884. The van der Waals surface area contributed by atoms with Crippen molar-refractivity contribution in [1.82, 2.24) is 10.2 Å². The Morgan fingerprint density at radius 3 is 2.13 bits per heavy atom. The van der Waals surface area contributed by atoms with Crippen molar-refractivity contribution in [3.63, 3.8) is 0 Å². The van der Waals surface area contributed by atoms with Gasteiger partial charge in [0.05, 0.1) is 36.3 Å². The number of rotatable bonds is 15. The molecule has 7 heteroatoms. The Kier molecular flexibility index (Phi) is 22.0. The molecule has 222 valence electrons. The highest BCUT2D eigenvalue weighted by Crippen LogP contribution is 2.25. The van der Waals surface area contributed by atoms with Crippen LogP contribution in [-0.2, 0) is 19.1 Å². The molecule has 8 unspecified atom stereocenters. The molecular weight excluding hydrogens is 480 g/mol. The van der Waals surface area contributed by atoms with Gasteiger partial charge >= 0.3 is 0 Å². The van der Waals surface area contributed by atoms with E-state index in [1.54, 1.807) is 38.0 Å². The molecule has 2 amide bonds. The highest BCUT2D eigenvalue weighted by molar-refractivity contribution is 5.79. The van der Waals surface area contributed by atoms with Crippen LogP contribution in [0.15, 0.2) is 37.0 Å². The molecule has 2 N–H and O–H groups in total. The summed E-state index contributed by atoms with van der Waals surface area (Å²) in [6, 6.07) is -0.602. The van der Waals surface area contributed by atoms with Crippen molar-refractivity contribution in [2.75, 3.05) is 20.8 Å². The second-order valence-electron chi connectivity index (χ2n) is 9.82. The van der Waals surface area contributed by atoms with Crippen molar-refractivity contribution in [3.05, 3.63) is 37.0 Å². The molecule has 38 heavy (non-hydrogen) atoms. The van der Waals surface area contributed by atoms with E-state index in [1.165, 1.54) is 12.5 Å². The molecule has 8 atom stereocenters. The number of amides is 2. The van der Waals surface area contributed by atoms with Crippen LogP contribution in [0.1, 0.15) is 81.1 Å². The molecule has 1 aliphatic heterocycles. The number of aliphatic hydroxyl groups excluding tert-OH is 1. The van der Waals surface area contributed by atoms with E-state index in [1.807, 2.05) is 21.0 Å². The topological polar surface area (TPSA) is 88.1 Å². The third kappa shape index (κ3) is 12.3. The summed E-state index contributed by atoms with van der Waals surface area (Å²) in [6.07, 6.45) is 8.85. The van der Waals surface area contributed by atoms with Crippen LogP contribution in [0.4, 0.5) is 0 Å². The summed E-state index contributed by atoms with van der Waals surface area (Å²) in [5, 5.41) is 13.2. The quantitative estimate of drug-likeness (QED) is 0.211. The summed E-state index contributed by atoms with van der Waals surface area (Å²) in [7, 11) is 3.36. The van der Waals surface area contributed by atoms with Crippen LogP contribution in [0.2, 0.25) is 0 Å². The number of hydrogen-bond acceptors (Lipinski definition) is 5. The van der Waals surface area contributed by atoms with Crippen LogP contribution in [0, 0.1) is 17.8 Å². The van der Waals surface area contributed by atoms with Gasteiger partial charge in [0.2, 0.25) is 12.3 Å². The van der Waals surface area contributed by atoms with Gasteiger partial charge in [0.15, 0.2) is 0 Å². The highest BCUT2D eigenvalue weighted by Gasteiger charge is 2.37. The van der Waals surface area contributed by atoms with E-state index in [-0.39, 0.29) is 18.1 Å². The molecule has 0 aromatic carbocycles. The number of nitrogens with one attached hydrogen (secondary N) is 1. The van der Waals surface area contributed by atoms with Crippen LogP contribution in [0.25, 0.3) is 0 Å². The number of allylic oxidation sites excluding steroid dienone is 2. The number of methoxy groups -OCH3 is 2. The number of likely N-dealkylation sites (tertiary alicyclic amines) is 1. The second-order valence-corrected chi connectivity index (χ2v) is 9.82. The molecule has 0 spiro atoms.